The van der Waals surface area contributed by atoms with Gasteiger partial charge in [-0.15, -0.1) is 23.1 Å². The van der Waals surface area contributed by atoms with E-state index in [9.17, 15) is 0 Å². The van der Waals surface area contributed by atoms with Crippen molar-refractivity contribution >= 4 is 44.7 Å². The van der Waals surface area contributed by atoms with Crippen LogP contribution in [0.4, 0.5) is 10.8 Å². The number of benzene rings is 3. The lowest BCUT2D eigenvalue weighted by Crippen LogP contribution is -1.91. The highest BCUT2D eigenvalue weighted by Crippen LogP contribution is 2.32. The minimum Gasteiger partial charge on any atom is -0.331 e. The lowest BCUT2D eigenvalue weighted by Gasteiger charge is -2.07. The average molecular weight is 348 g/mol. The molecule has 0 spiro atoms. The number of anilines is 2. The topological polar surface area (TPSA) is 24.9 Å². The molecular formula is C20H16N2S2. The molecule has 0 atom stereocenters. The van der Waals surface area contributed by atoms with Crippen LogP contribution in [0.5, 0.6) is 0 Å². The maximum atomic E-state index is 4.76. The van der Waals surface area contributed by atoms with Crippen LogP contribution in [-0.2, 0) is 0 Å². The maximum absolute atomic E-state index is 4.76. The number of nitrogens with one attached hydrogen (secondary N) is 1. The van der Waals surface area contributed by atoms with Gasteiger partial charge in [0.25, 0.3) is 0 Å². The Bertz CT molecular complexity index is 992. The van der Waals surface area contributed by atoms with E-state index in [2.05, 4.69) is 77.6 Å². The lowest BCUT2D eigenvalue weighted by atomic mass is 10.1. The van der Waals surface area contributed by atoms with Crippen LogP contribution in [-0.4, -0.2) is 11.2 Å². The number of hydrogen-bond donors (Lipinski definition) is 1. The molecule has 24 heavy (non-hydrogen) atoms. The molecule has 118 valence electrons. The first-order valence-corrected chi connectivity index (χ1v) is 9.79. The number of hydrogen-bond acceptors (Lipinski definition) is 4. The van der Waals surface area contributed by atoms with Crippen LogP contribution in [0, 0.1) is 0 Å². The summed E-state index contributed by atoms with van der Waals surface area (Å²) in [5.41, 5.74) is 3.26. The molecule has 1 heterocycles. The first-order valence-electron chi connectivity index (χ1n) is 7.68. The van der Waals surface area contributed by atoms with Crippen LogP contribution in [0.1, 0.15) is 0 Å². The average Bonchev–Trinajstić information content (AvgIpc) is 3.10. The number of rotatable bonds is 4. The zero-order valence-corrected chi connectivity index (χ0v) is 14.8. The SMILES string of the molecule is CSc1ccccc1Nc1nc(-c2ccc3ccccc3c2)cs1. The summed E-state index contributed by atoms with van der Waals surface area (Å²) < 4.78 is 0. The van der Waals surface area contributed by atoms with Gasteiger partial charge in [-0.1, -0.05) is 48.5 Å². The number of thioether (sulfide) groups is 1. The predicted molar refractivity (Wildman–Crippen MR) is 107 cm³/mol. The first-order chi connectivity index (χ1) is 11.8. The smallest absolute Gasteiger partial charge is 0.187 e. The third kappa shape index (κ3) is 3.03. The van der Waals surface area contributed by atoms with Gasteiger partial charge in [0.15, 0.2) is 5.13 Å². The maximum Gasteiger partial charge on any atom is 0.187 e. The van der Waals surface area contributed by atoms with E-state index in [4.69, 9.17) is 4.98 Å². The van der Waals surface area contributed by atoms with E-state index in [-0.39, 0.29) is 0 Å². The molecule has 0 radical (unpaired) electrons. The van der Waals surface area contributed by atoms with Gasteiger partial charge < -0.3 is 5.32 Å². The molecule has 0 bridgehead atoms. The van der Waals surface area contributed by atoms with Crippen molar-refractivity contribution < 1.29 is 0 Å². The van der Waals surface area contributed by atoms with E-state index in [0.717, 1.165) is 22.1 Å². The van der Waals surface area contributed by atoms with Crippen molar-refractivity contribution in [2.24, 2.45) is 0 Å². The molecule has 1 N–H and O–H groups in total. The van der Waals surface area contributed by atoms with E-state index in [1.807, 2.05) is 6.07 Å². The second kappa shape index (κ2) is 6.67. The molecule has 0 saturated heterocycles. The Kier molecular flexibility index (Phi) is 4.24. The van der Waals surface area contributed by atoms with Crippen LogP contribution in [0.3, 0.4) is 0 Å². The van der Waals surface area contributed by atoms with Crippen molar-refractivity contribution in [2.45, 2.75) is 4.90 Å². The van der Waals surface area contributed by atoms with Gasteiger partial charge >= 0.3 is 0 Å². The minimum absolute atomic E-state index is 0.916. The standard InChI is InChI=1S/C20H16N2S2/c1-23-19-9-5-4-8-17(19)21-20-22-18(13-24-20)16-11-10-14-6-2-3-7-15(14)12-16/h2-13H,1H3,(H,21,22). The van der Waals surface area contributed by atoms with Gasteiger partial charge in [0, 0.05) is 15.8 Å². The molecule has 0 amide bonds. The van der Waals surface area contributed by atoms with Crippen LogP contribution in [0.25, 0.3) is 22.0 Å². The summed E-state index contributed by atoms with van der Waals surface area (Å²) in [5, 5.41) is 8.95. The van der Waals surface area contributed by atoms with Crippen molar-refractivity contribution in [3.63, 3.8) is 0 Å². The zero-order chi connectivity index (χ0) is 16.4. The van der Waals surface area contributed by atoms with Crippen LogP contribution in [0.2, 0.25) is 0 Å². The third-order valence-electron chi connectivity index (χ3n) is 3.90. The summed E-state index contributed by atoms with van der Waals surface area (Å²) in [5.74, 6) is 0. The largest absolute Gasteiger partial charge is 0.331 e. The Morgan fingerprint density at radius 3 is 2.58 bits per heavy atom. The lowest BCUT2D eigenvalue weighted by molar-refractivity contribution is 1.35. The highest BCUT2D eigenvalue weighted by molar-refractivity contribution is 7.98. The third-order valence-corrected chi connectivity index (χ3v) is 5.45. The van der Waals surface area contributed by atoms with Crippen LogP contribution in [0.15, 0.2) is 77.0 Å². The van der Waals surface area contributed by atoms with Crippen LogP contribution < -0.4 is 5.32 Å². The monoisotopic (exact) mass is 348 g/mol. The number of thiazole rings is 1. The molecule has 4 aromatic rings. The molecule has 0 aliphatic rings. The fourth-order valence-corrected chi connectivity index (χ4v) is 3.96. The Morgan fingerprint density at radius 1 is 0.917 bits per heavy atom. The molecule has 0 aliphatic heterocycles. The Hall–Kier alpha value is -2.30. The normalized spacial score (nSPS) is 10.9. The number of para-hydroxylation sites is 1. The van der Waals surface area contributed by atoms with Gasteiger partial charge in [-0.05, 0) is 35.2 Å². The van der Waals surface area contributed by atoms with Crippen molar-refractivity contribution in [1.82, 2.24) is 4.98 Å². The Balaban J connectivity index is 1.64. The fourth-order valence-electron chi connectivity index (χ4n) is 2.68. The summed E-state index contributed by atoms with van der Waals surface area (Å²) in [6.45, 7) is 0. The Labute approximate surface area is 149 Å². The second-order valence-corrected chi connectivity index (χ2v) is 7.13. The summed E-state index contributed by atoms with van der Waals surface area (Å²) in [6.07, 6.45) is 2.09. The quantitative estimate of drug-likeness (QED) is 0.430. The van der Waals surface area contributed by atoms with Gasteiger partial charge in [0.05, 0.1) is 11.4 Å². The van der Waals surface area contributed by atoms with E-state index >= 15 is 0 Å². The summed E-state index contributed by atoms with van der Waals surface area (Å²) >= 11 is 3.37. The summed E-state index contributed by atoms with van der Waals surface area (Å²) in [4.78, 5) is 5.98. The number of nitrogens with zero attached hydrogens (tertiary/aromatic N) is 1. The predicted octanol–water partition coefficient (Wildman–Crippen LogP) is 6.43. The van der Waals surface area contributed by atoms with Crippen molar-refractivity contribution in [3.8, 4) is 11.3 Å². The van der Waals surface area contributed by atoms with Gasteiger partial charge in [-0.2, -0.15) is 0 Å². The molecule has 0 fully saturated rings. The molecular weight excluding hydrogens is 332 g/mol. The van der Waals surface area contributed by atoms with E-state index in [1.165, 1.54) is 15.7 Å². The minimum atomic E-state index is 0.916. The van der Waals surface area contributed by atoms with Crippen molar-refractivity contribution in [1.29, 1.82) is 0 Å². The molecule has 0 aliphatic carbocycles. The fraction of sp³-hybridized carbons (Fsp3) is 0.0500. The molecule has 2 nitrogen and oxygen atoms in total. The Morgan fingerprint density at radius 2 is 1.71 bits per heavy atom. The first kappa shape index (κ1) is 15.2. The molecule has 0 unspecified atom stereocenters. The summed E-state index contributed by atoms with van der Waals surface area (Å²) in [6, 6.07) is 23.2. The van der Waals surface area contributed by atoms with Gasteiger partial charge in [-0.3, -0.25) is 0 Å². The highest BCUT2D eigenvalue weighted by Gasteiger charge is 2.07. The summed E-state index contributed by atoms with van der Waals surface area (Å²) in [7, 11) is 0. The molecule has 3 aromatic carbocycles. The van der Waals surface area contributed by atoms with E-state index < -0.39 is 0 Å². The molecule has 0 saturated carbocycles. The van der Waals surface area contributed by atoms with Crippen molar-refractivity contribution in [2.75, 3.05) is 11.6 Å². The van der Waals surface area contributed by atoms with Crippen LogP contribution >= 0.6 is 23.1 Å². The van der Waals surface area contributed by atoms with E-state index in [0.29, 0.717) is 0 Å². The zero-order valence-electron chi connectivity index (χ0n) is 13.2. The molecule has 4 heteroatoms. The molecule has 1 aromatic heterocycles. The second-order valence-electron chi connectivity index (χ2n) is 5.43. The number of aromatic nitrogens is 1. The van der Waals surface area contributed by atoms with Gasteiger partial charge in [0.1, 0.15) is 0 Å². The van der Waals surface area contributed by atoms with Crippen molar-refractivity contribution in [3.05, 3.63) is 72.1 Å². The van der Waals surface area contributed by atoms with Gasteiger partial charge in [-0.25, -0.2) is 4.98 Å². The van der Waals surface area contributed by atoms with Gasteiger partial charge in [0.2, 0.25) is 0 Å². The molecule has 4 rings (SSSR count). The number of fused-ring (bicyclic) bond motifs is 1. The van der Waals surface area contributed by atoms with E-state index in [1.54, 1.807) is 23.1 Å². The highest BCUT2D eigenvalue weighted by atomic mass is 32.2.